The van der Waals surface area contributed by atoms with Crippen molar-refractivity contribution in [2.45, 2.75) is 0 Å². The van der Waals surface area contributed by atoms with Gasteiger partial charge in [-0.25, -0.2) is 0 Å². The van der Waals surface area contributed by atoms with E-state index in [9.17, 15) is 9.59 Å². The number of rotatable bonds is 2. The van der Waals surface area contributed by atoms with Crippen molar-refractivity contribution in [3.63, 3.8) is 0 Å². The molecule has 0 saturated heterocycles. The predicted octanol–water partition coefficient (Wildman–Crippen LogP) is 1.01. The molecule has 0 N–H and O–H groups in total. The van der Waals surface area contributed by atoms with Gasteiger partial charge in [-0.2, -0.15) is 10.2 Å². The maximum absolute atomic E-state index is 11.1. The fraction of sp³-hybridized carbons (Fsp3) is 0. The van der Waals surface area contributed by atoms with Gasteiger partial charge in [-0.3, -0.25) is 9.59 Å². The van der Waals surface area contributed by atoms with Gasteiger partial charge in [0.25, 0.3) is 0 Å². The summed E-state index contributed by atoms with van der Waals surface area (Å²) in [6, 6.07) is 6.59. The highest BCUT2D eigenvalue weighted by Crippen LogP contribution is 2.12. The largest absolute Gasteiger partial charge is 0.294 e. The number of carbonyl (C=O) groups is 2. The summed E-state index contributed by atoms with van der Waals surface area (Å²) in [7, 11) is 0. The molecule has 0 saturated carbocycles. The standard InChI is InChI=1S/C10H6N2O2/c13-6-10(14)8-1-2-9-7(5-8)3-4-11-12-9/h1-6H. The molecule has 1 aromatic heterocycles. The molecule has 0 unspecified atom stereocenters. The molecular weight excluding hydrogens is 180 g/mol. The van der Waals surface area contributed by atoms with E-state index in [4.69, 9.17) is 0 Å². The van der Waals surface area contributed by atoms with E-state index in [2.05, 4.69) is 10.2 Å². The van der Waals surface area contributed by atoms with Gasteiger partial charge in [0.2, 0.25) is 5.78 Å². The first-order valence-corrected chi connectivity index (χ1v) is 4.02. The molecule has 0 bridgehead atoms. The number of benzene rings is 1. The van der Waals surface area contributed by atoms with Crippen molar-refractivity contribution < 1.29 is 9.59 Å². The second-order valence-corrected chi connectivity index (χ2v) is 2.79. The molecule has 4 heteroatoms. The number of Topliss-reactive ketones (excluding diaryl/α,β-unsaturated/α-hetero) is 1. The van der Waals surface area contributed by atoms with E-state index in [0.29, 0.717) is 17.4 Å². The molecule has 2 rings (SSSR count). The van der Waals surface area contributed by atoms with Crippen LogP contribution in [0.1, 0.15) is 10.4 Å². The van der Waals surface area contributed by atoms with Crippen LogP contribution in [0.2, 0.25) is 0 Å². The van der Waals surface area contributed by atoms with Crippen LogP contribution in [-0.2, 0) is 4.79 Å². The lowest BCUT2D eigenvalue weighted by Crippen LogP contribution is -1.99. The zero-order chi connectivity index (χ0) is 9.97. The Labute approximate surface area is 79.6 Å². The highest BCUT2D eigenvalue weighted by molar-refractivity contribution is 6.33. The molecule has 14 heavy (non-hydrogen) atoms. The monoisotopic (exact) mass is 186 g/mol. The summed E-state index contributed by atoms with van der Waals surface area (Å²) in [6.07, 6.45) is 1.84. The highest BCUT2D eigenvalue weighted by atomic mass is 16.2. The van der Waals surface area contributed by atoms with E-state index in [1.807, 2.05) is 0 Å². The number of aldehydes is 1. The Morgan fingerprint density at radius 1 is 1.29 bits per heavy atom. The molecule has 0 spiro atoms. The summed E-state index contributed by atoms with van der Waals surface area (Å²) < 4.78 is 0. The molecule has 2 aromatic rings. The van der Waals surface area contributed by atoms with Crippen molar-refractivity contribution in [2.24, 2.45) is 0 Å². The molecule has 0 aliphatic heterocycles. The molecule has 0 atom stereocenters. The SMILES string of the molecule is O=CC(=O)c1ccc2nnccc2c1. The molecule has 0 aliphatic carbocycles. The first kappa shape index (κ1) is 8.50. The number of nitrogens with zero attached hydrogens (tertiary/aromatic N) is 2. The Hall–Kier alpha value is -2.10. The number of ketones is 1. The lowest BCUT2D eigenvalue weighted by molar-refractivity contribution is -0.104. The third kappa shape index (κ3) is 1.37. The van der Waals surface area contributed by atoms with E-state index < -0.39 is 5.78 Å². The lowest BCUT2D eigenvalue weighted by atomic mass is 10.1. The minimum atomic E-state index is -0.524. The van der Waals surface area contributed by atoms with Gasteiger partial charge in [0, 0.05) is 10.9 Å². The van der Waals surface area contributed by atoms with Crippen LogP contribution >= 0.6 is 0 Å². The Morgan fingerprint density at radius 3 is 2.93 bits per heavy atom. The molecule has 0 radical (unpaired) electrons. The summed E-state index contributed by atoms with van der Waals surface area (Å²) in [6.45, 7) is 0. The van der Waals surface area contributed by atoms with Gasteiger partial charge in [-0.05, 0) is 24.3 Å². The zero-order valence-corrected chi connectivity index (χ0v) is 7.18. The fourth-order valence-corrected chi connectivity index (χ4v) is 1.21. The van der Waals surface area contributed by atoms with Crippen LogP contribution in [0.4, 0.5) is 0 Å². The number of hydrogen-bond acceptors (Lipinski definition) is 4. The molecule has 68 valence electrons. The van der Waals surface area contributed by atoms with Gasteiger partial charge in [0.05, 0.1) is 11.7 Å². The minimum absolute atomic E-state index is 0.301. The van der Waals surface area contributed by atoms with Gasteiger partial charge >= 0.3 is 0 Å². The van der Waals surface area contributed by atoms with E-state index >= 15 is 0 Å². The van der Waals surface area contributed by atoms with Gasteiger partial charge in [0.1, 0.15) is 0 Å². The second kappa shape index (κ2) is 3.33. The average molecular weight is 186 g/mol. The van der Waals surface area contributed by atoms with Crippen LogP contribution in [0.15, 0.2) is 30.5 Å². The summed E-state index contributed by atoms with van der Waals surface area (Å²) >= 11 is 0. The van der Waals surface area contributed by atoms with Gasteiger partial charge in [-0.1, -0.05) is 0 Å². The van der Waals surface area contributed by atoms with Crippen molar-refractivity contribution in [2.75, 3.05) is 0 Å². The molecular formula is C10H6N2O2. The Balaban J connectivity index is 2.62. The Bertz CT molecular complexity index is 508. The van der Waals surface area contributed by atoms with E-state index in [1.165, 1.54) is 6.20 Å². The third-order valence-electron chi connectivity index (χ3n) is 1.91. The molecule has 0 amide bonds. The van der Waals surface area contributed by atoms with Gasteiger partial charge < -0.3 is 0 Å². The van der Waals surface area contributed by atoms with Crippen LogP contribution in [0.25, 0.3) is 10.9 Å². The quantitative estimate of drug-likeness (QED) is 0.399. The van der Waals surface area contributed by atoms with Crippen LogP contribution in [-0.4, -0.2) is 22.3 Å². The van der Waals surface area contributed by atoms with E-state index in [1.54, 1.807) is 24.3 Å². The number of aromatic nitrogens is 2. The lowest BCUT2D eigenvalue weighted by Gasteiger charge is -1.97. The van der Waals surface area contributed by atoms with Crippen molar-refractivity contribution >= 4 is 23.0 Å². The number of carbonyl (C=O) groups excluding carboxylic acids is 2. The minimum Gasteiger partial charge on any atom is -0.294 e. The summed E-state index contributed by atoms with van der Waals surface area (Å²) in [5.74, 6) is -0.524. The topological polar surface area (TPSA) is 59.9 Å². The maximum Gasteiger partial charge on any atom is 0.225 e. The van der Waals surface area contributed by atoms with E-state index in [0.717, 1.165) is 5.39 Å². The normalized spacial score (nSPS) is 10.0. The van der Waals surface area contributed by atoms with Crippen LogP contribution < -0.4 is 0 Å². The number of fused-ring (bicyclic) bond motifs is 1. The van der Waals surface area contributed by atoms with Crippen molar-refractivity contribution in [1.82, 2.24) is 10.2 Å². The summed E-state index contributed by atoms with van der Waals surface area (Å²) in [4.78, 5) is 21.3. The van der Waals surface area contributed by atoms with Crippen LogP contribution in [0, 0.1) is 0 Å². The second-order valence-electron chi connectivity index (χ2n) is 2.79. The number of hydrogen-bond donors (Lipinski definition) is 0. The Kier molecular flexibility index (Phi) is 2.02. The zero-order valence-electron chi connectivity index (χ0n) is 7.18. The fourth-order valence-electron chi connectivity index (χ4n) is 1.21. The summed E-state index contributed by atoms with van der Waals surface area (Å²) in [5.41, 5.74) is 1.08. The van der Waals surface area contributed by atoms with Gasteiger partial charge in [-0.15, -0.1) is 0 Å². The highest BCUT2D eigenvalue weighted by Gasteiger charge is 2.04. The van der Waals surface area contributed by atoms with Gasteiger partial charge in [0.15, 0.2) is 6.29 Å². The smallest absolute Gasteiger partial charge is 0.225 e. The predicted molar refractivity (Wildman–Crippen MR) is 49.9 cm³/mol. The van der Waals surface area contributed by atoms with Crippen molar-refractivity contribution in [3.8, 4) is 0 Å². The molecule has 0 aliphatic rings. The van der Waals surface area contributed by atoms with Crippen molar-refractivity contribution in [3.05, 3.63) is 36.0 Å². The average Bonchev–Trinajstić information content (AvgIpc) is 2.27. The molecule has 0 fully saturated rings. The maximum atomic E-state index is 11.1. The first-order chi connectivity index (χ1) is 6.81. The molecule has 4 nitrogen and oxygen atoms in total. The van der Waals surface area contributed by atoms with Crippen molar-refractivity contribution in [1.29, 1.82) is 0 Å². The summed E-state index contributed by atoms with van der Waals surface area (Å²) in [5, 5.41) is 8.36. The third-order valence-corrected chi connectivity index (χ3v) is 1.91. The van der Waals surface area contributed by atoms with Crippen LogP contribution in [0.5, 0.6) is 0 Å². The molecule has 1 aromatic carbocycles. The van der Waals surface area contributed by atoms with Crippen LogP contribution in [0.3, 0.4) is 0 Å². The molecule has 1 heterocycles. The Morgan fingerprint density at radius 2 is 2.14 bits per heavy atom. The van der Waals surface area contributed by atoms with E-state index in [-0.39, 0.29) is 0 Å². The first-order valence-electron chi connectivity index (χ1n) is 4.02.